The molecule has 2 N–H and O–H groups in total. The van der Waals surface area contributed by atoms with Crippen LogP contribution in [-0.4, -0.2) is 16.3 Å². The molecule has 0 bridgehead atoms. The molecule has 0 unspecified atom stereocenters. The summed E-state index contributed by atoms with van der Waals surface area (Å²) in [7, 11) is 0. The second-order valence-corrected chi connectivity index (χ2v) is 2.85. The highest BCUT2D eigenvalue weighted by molar-refractivity contribution is 5.17. The molecule has 0 spiro atoms. The first-order chi connectivity index (χ1) is 5.81. The lowest BCUT2D eigenvalue weighted by atomic mass is 10.1. The van der Waals surface area contributed by atoms with Gasteiger partial charge in [-0.05, 0) is 25.5 Å². The van der Waals surface area contributed by atoms with Crippen molar-refractivity contribution in [3.8, 4) is 0 Å². The third kappa shape index (κ3) is 1.85. The quantitative estimate of drug-likeness (QED) is 0.726. The lowest BCUT2D eigenvalue weighted by Crippen LogP contribution is -2.05. The Bertz CT molecular complexity index is 240. The second kappa shape index (κ2) is 4.26. The summed E-state index contributed by atoms with van der Waals surface area (Å²) in [6, 6.07) is 0. The van der Waals surface area contributed by atoms with Crippen molar-refractivity contribution < 1.29 is 0 Å². The Morgan fingerprint density at radius 2 is 2.25 bits per heavy atom. The topological polar surface area (TPSA) is 43.8 Å². The number of rotatable bonds is 4. The van der Waals surface area contributed by atoms with Crippen LogP contribution in [0.4, 0.5) is 0 Å². The molecule has 3 nitrogen and oxygen atoms in total. The zero-order chi connectivity index (χ0) is 8.97. The summed E-state index contributed by atoms with van der Waals surface area (Å²) in [5.74, 6) is 0. The molecule has 0 radical (unpaired) electrons. The van der Waals surface area contributed by atoms with E-state index in [2.05, 4.69) is 25.1 Å². The summed E-state index contributed by atoms with van der Waals surface area (Å²) in [5.41, 5.74) is 7.99. The van der Waals surface area contributed by atoms with Crippen molar-refractivity contribution in [2.75, 3.05) is 6.54 Å². The van der Waals surface area contributed by atoms with Gasteiger partial charge in [-0.15, -0.1) is 0 Å². The molecule has 1 aromatic heterocycles. The van der Waals surface area contributed by atoms with Gasteiger partial charge in [-0.3, -0.25) is 4.68 Å². The molecule has 0 aliphatic rings. The maximum absolute atomic E-state index is 5.49. The number of aryl methyl sites for hydroxylation is 2. The summed E-state index contributed by atoms with van der Waals surface area (Å²) in [5, 5.41) is 4.43. The molecule has 0 aliphatic heterocycles. The van der Waals surface area contributed by atoms with Gasteiger partial charge in [0.05, 0.1) is 5.69 Å². The van der Waals surface area contributed by atoms with Crippen molar-refractivity contribution in [2.45, 2.75) is 33.2 Å². The molecule has 0 aliphatic carbocycles. The fourth-order valence-corrected chi connectivity index (χ4v) is 1.31. The van der Waals surface area contributed by atoms with Crippen LogP contribution < -0.4 is 5.73 Å². The third-order valence-corrected chi connectivity index (χ3v) is 2.01. The first kappa shape index (κ1) is 9.26. The van der Waals surface area contributed by atoms with Crippen LogP contribution >= 0.6 is 0 Å². The molecule has 0 amide bonds. The van der Waals surface area contributed by atoms with Crippen LogP contribution in [-0.2, 0) is 19.4 Å². The molecular formula is C9H17N3. The highest BCUT2D eigenvalue weighted by Crippen LogP contribution is 2.07. The molecular weight excluding hydrogens is 150 g/mol. The number of nitrogens with two attached hydrogens (primary N) is 1. The fourth-order valence-electron chi connectivity index (χ4n) is 1.31. The monoisotopic (exact) mass is 167 g/mol. The van der Waals surface area contributed by atoms with Crippen LogP contribution in [0.5, 0.6) is 0 Å². The van der Waals surface area contributed by atoms with Crippen molar-refractivity contribution in [3.63, 3.8) is 0 Å². The molecule has 0 saturated heterocycles. The molecule has 0 aromatic carbocycles. The molecule has 0 fully saturated rings. The Labute approximate surface area is 73.6 Å². The van der Waals surface area contributed by atoms with Crippen molar-refractivity contribution >= 4 is 0 Å². The fraction of sp³-hybridized carbons (Fsp3) is 0.667. The Morgan fingerprint density at radius 3 is 2.75 bits per heavy atom. The minimum absolute atomic E-state index is 0.688. The van der Waals surface area contributed by atoms with Gasteiger partial charge in [-0.1, -0.05) is 6.92 Å². The van der Waals surface area contributed by atoms with Crippen molar-refractivity contribution in [3.05, 3.63) is 17.5 Å². The Kier molecular flexibility index (Phi) is 3.29. The largest absolute Gasteiger partial charge is 0.330 e. The zero-order valence-corrected chi connectivity index (χ0v) is 7.88. The summed E-state index contributed by atoms with van der Waals surface area (Å²) < 4.78 is 1.98. The Morgan fingerprint density at radius 1 is 1.50 bits per heavy atom. The molecule has 68 valence electrons. The Balaban J connectivity index is 2.84. The highest BCUT2D eigenvalue weighted by atomic mass is 15.3. The standard InChI is InChI=1S/C9H17N3/c1-3-8-7-12(4-2)11-9(8)5-6-10/h7H,3-6,10H2,1-2H3. The maximum atomic E-state index is 5.49. The van der Waals surface area contributed by atoms with Gasteiger partial charge >= 0.3 is 0 Å². The van der Waals surface area contributed by atoms with Gasteiger partial charge in [0.25, 0.3) is 0 Å². The molecule has 1 aromatic rings. The van der Waals surface area contributed by atoms with Gasteiger partial charge < -0.3 is 5.73 Å². The number of hydrogen-bond acceptors (Lipinski definition) is 2. The van der Waals surface area contributed by atoms with E-state index in [4.69, 9.17) is 5.73 Å². The summed E-state index contributed by atoms with van der Waals surface area (Å²) >= 11 is 0. The van der Waals surface area contributed by atoms with E-state index in [9.17, 15) is 0 Å². The lowest BCUT2D eigenvalue weighted by Gasteiger charge is -1.94. The predicted octanol–water partition coefficient (Wildman–Crippen LogP) is 0.967. The molecule has 1 heterocycles. The smallest absolute Gasteiger partial charge is 0.0669 e. The normalized spacial score (nSPS) is 10.6. The number of aromatic nitrogens is 2. The van der Waals surface area contributed by atoms with Gasteiger partial charge in [0.1, 0.15) is 0 Å². The maximum Gasteiger partial charge on any atom is 0.0669 e. The van der Waals surface area contributed by atoms with Gasteiger partial charge in [-0.25, -0.2) is 0 Å². The van der Waals surface area contributed by atoms with Crippen molar-refractivity contribution in [1.82, 2.24) is 9.78 Å². The van der Waals surface area contributed by atoms with Gasteiger partial charge in [0.2, 0.25) is 0 Å². The SMILES string of the molecule is CCc1cn(CC)nc1CCN. The average Bonchev–Trinajstić information content (AvgIpc) is 2.48. The minimum atomic E-state index is 0.688. The van der Waals surface area contributed by atoms with E-state index in [-0.39, 0.29) is 0 Å². The predicted molar refractivity (Wildman–Crippen MR) is 50.0 cm³/mol. The van der Waals surface area contributed by atoms with E-state index < -0.39 is 0 Å². The zero-order valence-electron chi connectivity index (χ0n) is 7.88. The van der Waals surface area contributed by atoms with E-state index in [0.29, 0.717) is 6.54 Å². The van der Waals surface area contributed by atoms with Crippen molar-refractivity contribution in [1.29, 1.82) is 0 Å². The van der Waals surface area contributed by atoms with E-state index in [1.165, 1.54) is 11.3 Å². The molecule has 3 heteroatoms. The molecule has 1 rings (SSSR count). The van der Waals surface area contributed by atoms with Crippen molar-refractivity contribution in [2.24, 2.45) is 5.73 Å². The van der Waals surface area contributed by atoms with Crippen LogP contribution in [0.25, 0.3) is 0 Å². The highest BCUT2D eigenvalue weighted by Gasteiger charge is 2.04. The third-order valence-electron chi connectivity index (χ3n) is 2.01. The van der Waals surface area contributed by atoms with E-state index in [1.54, 1.807) is 0 Å². The van der Waals surface area contributed by atoms with Crippen LogP contribution in [0.15, 0.2) is 6.20 Å². The van der Waals surface area contributed by atoms with Gasteiger partial charge in [0, 0.05) is 19.2 Å². The van der Waals surface area contributed by atoms with E-state index in [1.807, 2.05) is 4.68 Å². The van der Waals surface area contributed by atoms with Crippen LogP contribution in [0.3, 0.4) is 0 Å². The van der Waals surface area contributed by atoms with Crippen LogP contribution in [0.2, 0.25) is 0 Å². The summed E-state index contributed by atoms with van der Waals surface area (Å²) in [4.78, 5) is 0. The second-order valence-electron chi connectivity index (χ2n) is 2.85. The molecule has 0 saturated carbocycles. The van der Waals surface area contributed by atoms with E-state index in [0.717, 1.165) is 19.4 Å². The molecule has 12 heavy (non-hydrogen) atoms. The van der Waals surface area contributed by atoms with Gasteiger partial charge in [-0.2, -0.15) is 5.10 Å². The number of hydrogen-bond donors (Lipinski definition) is 1. The number of nitrogens with zero attached hydrogens (tertiary/aromatic N) is 2. The summed E-state index contributed by atoms with van der Waals surface area (Å²) in [6.45, 7) is 5.88. The van der Waals surface area contributed by atoms with Gasteiger partial charge in [0.15, 0.2) is 0 Å². The first-order valence-corrected chi connectivity index (χ1v) is 4.57. The molecule has 0 atom stereocenters. The first-order valence-electron chi connectivity index (χ1n) is 4.57. The summed E-state index contributed by atoms with van der Waals surface area (Å²) in [6.07, 6.45) is 4.07. The van der Waals surface area contributed by atoms with Crippen LogP contribution in [0, 0.1) is 0 Å². The Hall–Kier alpha value is -0.830. The van der Waals surface area contributed by atoms with Crippen LogP contribution in [0.1, 0.15) is 25.1 Å². The lowest BCUT2D eigenvalue weighted by molar-refractivity contribution is 0.646. The minimum Gasteiger partial charge on any atom is -0.330 e. The average molecular weight is 167 g/mol. The van der Waals surface area contributed by atoms with E-state index >= 15 is 0 Å².